The molecule has 1 aliphatic rings. The van der Waals surface area contributed by atoms with Gasteiger partial charge in [0.1, 0.15) is 11.2 Å². The zero-order valence-corrected chi connectivity index (χ0v) is 14.9. The Labute approximate surface area is 156 Å². The topological polar surface area (TPSA) is 110 Å². The molecule has 1 aromatic carbocycles. The predicted molar refractivity (Wildman–Crippen MR) is 104 cm³/mol. The Morgan fingerprint density at radius 1 is 1.11 bits per heavy atom. The fourth-order valence-electron chi connectivity index (χ4n) is 3.09. The first kappa shape index (κ1) is 17.3. The highest BCUT2D eigenvalue weighted by atomic mass is 16.1. The highest BCUT2D eigenvalue weighted by molar-refractivity contribution is 5.96. The number of piperazine rings is 1. The summed E-state index contributed by atoms with van der Waals surface area (Å²) in [6, 6.07) is 9.90. The second-order valence-electron chi connectivity index (χ2n) is 6.48. The molecule has 8 heteroatoms. The van der Waals surface area contributed by atoms with Gasteiger partial charge >= 0.3 is 0 Å². The van der Waals surface area contributed by atoms with E-state index in [-0.39, 0.29) is 11.6 Å². The van der Waals surface area contributed by atoms with Crippen molar-refractivity contribution in [2.45, 2.75) is 12.8 Å². The van der Waals surface area contributed by atoms with Crippen LogP contribution in [0.5, 0.6) is 0 Å². The number of nitrogens with two attached hydrogens (primary N) is 1. The number of carbonyl (C=O) groups excluding carboxylic acids is 1. The molecular weight excluding hydrogens is 342 g/mol. The minimum absolute atomic E-state index is 0.0610. The summed E-state index contributed by atoms with van der Waals surface area (Å²) in [6.07, 6.45) is 2.49. The van der Waals surface area contributed by atoms with Crippen LogP contribution in [0.15, 0.2) is 36.5 Å². The van der Waals surface area contributed by atoms with Crippen molar-refractivity contribution in [2.75, 3.05) is 36.8 Å². The number of nitrogens with zero attached hydrogens (tertiary/aromatic N) is 5. The van der Waals surface area contributed by atoms with Crippen LogP contribution in [0.25, 0.3) is 11.2 Å². The van der Waals surface area contributed by atoms with Gasteiger partial charge in [-0.3, -0.25) is 4.79 Å². The molecule has 3 N–H and O–H groups in total. The Morgan fingerprint density at radius 2 is 1.89 bits per heavy atom. The lowest BCUT2D eigenvalue weighted by Crippen LogP contribution is -2.44. The van der Waals surface area contributed by atoms with Gasteiger partial charge in [-0.2, -0.15) is 9.97 Å². The van der Waals surface area contributed by atoms with Crippen LogP contribution in [0.4, 0.5) is 11.8 Å². The highest BCUT2D eigenvalue weighted by Crippen LogP contribution is 2.19. The number of hydrogen-bond donors (Lipinski definition) is 2. The van der Waals surface area contributed by atoms with Crippen LogP contribution in [0.3, 0.4) is 0 Å². The standard InChI is InChI=1S/C19H21N7O/c20-17-16-18(25-19(24-17)26-10-8-21-9-11-26)23-14(12-22-16)15(27)7-6-13-4-2-1-3-5-13/h1-5,12,21H,6-11H2,(H2,20,23,24,25). The Kier molecular flexibility index (Phi) is 4.88. The molecule has 0 spiro atoms. The Balaban J connectivity index is 1.57. The summed E-state index contributed by atoms with van der Waals surface area (Å²) in [4.78, 5) is 32.1. The molecule has 0 radical (unpaired) electrons. The molecule has 0 amide bonds. The molecule has 1 aliphatic heterocycles. The molecule has 2 aromatic heterocycles. The lowest BCUT2D eigenvalue weighted by molar-refractivity contribution is 0.0978. The number of benzene rings is 1. The van der Waals surface area contributed by atoms with E-state index in [1.165, 1.54) is 6.20 Å². The van der Waals surface area contributed by atoms with E-state index in [2.05, 4.69) is 30.2 Å². The Bertz CT molecular complexity index is 955. The molecule has 138 valence electrons. The lowest BCUT2D eigenvalue weighted by Gasteiger charge is -2.27. The van der Waals surface area contributed by atoms with Crippen LogP contribution in [0, 0.1) is 0 Å². The van der Waals surface area contributed by atoms with Crippen molar-refractivity contribution in [1.29, 1.82) is 0 Å². The van der Waals surface area contributed by atoms with E-state index in [0.717, 1.165) is 31.7 Å². The van der Waals surface area contributed by atoms with Crippen LogP contribution in [0.1, 0.15) is 22.5 Å². The third kappa shape index (κ3) is 3.85. The van der Waals surface area contributed by atoms with E-state index >= 15 is 0 Å². The van der Waals surface area contributed by atoms with E-state index in [9.17, 15) is 4.79 Å². The normalized spacial score (nSPS) is 14.4. The van der Waals surface area contributed by atoms with E-state index in [0.29, 0.717) is 35.6 Å². The van der Waals surface area contributed by atoms with Crippen molar-refractivity contribution in [3.05, 3.63) is 47.8 Å². The van der Waals surface area contributed by atoms with Crippen molar-refractivity contribution in [3.8, 4) is 0 Å². The second kappa shape index (κ2) is 7.63. The molecule has 0 atom stereocenters. The van der Waals surface area contributed by atoms with Gasteiger partial charge in [-0.25, -0.2) is 9.97 Å². The molecule has 0 unspecified atom stereocenters. The Morgan fingerprint density at radius 3 is 2.67 bits per heavy atom. The summed E-state index contributed by atoms with van der Waals surface area (Å²) < 4.78 is 0. The number of rotatable bonds is 5. The summed E-state index contributed by atoms with van der Waals surface area (Å²) >= 11 is 0. The molecule has 3 aromatic rings. The molecular formula is C19H21N7O. The lowest BCUT2D eigenvalue weighted by atomic mass is 10.1. The predicted octanol–water partition coefficient (Wildman–Crippen LogP) is 1.23. The number of fused-ring (bicyclic) bond motifs is 1. The quantitative estimate of drug-likeness (QED) is 0.651. The summed E-state index contributed by atoms with van der Waals surface area (Å²) in [6.45, 7) is 3.33. The zero-order valence-electron chi connectivity index (χ0n) is 14.9. The number of aryl methyl sites for hydroxylation is 1. The van der Waals surface area contributed by atoms with E-state index in [1.54, 1.807) is 0 Å². The maximum Gasteiger partial charge on any atom is 0.229 e. The zero-order chi connectivity index (χ0) is 18.6. The number of ketones is 1. The first-order valence-electron chi connectivity index (χ1n) is 9.04. The summed E-state index contributed by atoms with van der Waals surface area (Å²) in [7, 11) is 0. The number of aromatic nitrogens is 4. The van der Waals surface area contributed by atoms with Crippen LogP contribution >= 0.6 is 0 Å². The van der Waals surface area contributed by atoms with E-state index in [1.807, 2.05) is 30.3 Å². The van der Waals surface area contributed by atoms with Crippen molar-refractivity contribution < 1.29 is 4.79 Å². The van der Waals surface area contributed by atoms with Crippen molar-refractivity contribution in [3.63, 3.8) is 0 Å². The summed E-state index contributed by atoms with van der Waals surface area (Å²) in [5.41, 5.74) is 8.26. The molecule has 8 nitrogen and oxygen atoms in total. The third-order valence-electron chi connectivity index (χ3n) is 4.59. The Hall–Kier alpha value is -3.13. The van der Waals surface area contributed by atoms with Crippen molar-refractivity contribution >= 4 is 28.7 Å². The van der Waals surface area contributed by atoms with Gasteiger partial charge in [0.05, 0.1) is 6.20 Å². The highest BCUT2D eigenvalue weighted by Gasteiger charge is 2.18. The second-order valence-corrected chi connectivity index (χ2v) is 6.48. The number of Topliss-reactive ketones (excluding diaryl/α,β-unsaturated/α-hetero) is 1. The van der Waals surface area contributed by atoms with E-state index in [4.69, 9.17) is 5.73 Å². The minimum Gasteiger partial charge on any atom is -0.382 e. The van der Waals surface area contributed by atoms with Crippen molar-refractivity contribution in [2.24, 2.45) is 0 Å². The number of nitrogens with one attached hydrogen (secondary N) is 1. The first-order valence-corrected chi connectivity index (χ1v) is 9.04. The number of carbonyl (C=O) groups is 1. The maximum absolute atomic E-state index is 12.5. The van der Waals surface area contributed by atoms with E-state index < -0.39 is 0 Å². The monoisotopic (exact) mass is 363 g/mol. The number of anilines is 2. The number of hydrogen-bond acceptors (Lipinski definition) is 8. The van der Waals surface area contributed by atoms with Crippen LogP contribution in [-0.4, -0.2) is 51.9 Å². The molecule has 4 rings (SSSR count). The summed E-state index contributed by atoms with van der Waals surface area (Å²) in [5.74, 6) is 0.753. The largest absolute Gasteiger partial charge is 0.382 e. The number of nitrogen functional groups attached to an aromatic ring is 1. The molecule has 27 heavy (non-hydrogen) atoms. The molecule has 3 heterocycles. The average molecular weight is 363 g/mol. The molecule has 0 aliphatic carbocycles. The van der Waals surface area contributed by atoms with Gasteiger partial charge in [0.2, 0.25) is 5.95 Å². The van der Waals surface area contributed by atoms with Gasteiger partial charge in [0, 0.05) is 32.6 Å². The van der Waals surface area contributed by atoms with Crippen molar-refractivity contribution in [1.82, 2.24) is 25.3 Å². The van der Waals surface area contributed by atoms with Gasteiger partial charge in [-0.05, 0) is 12.0 Å². The fourth-order valence-corrected chi connectivity index (χ4v) is 3.09. The smallest absolute Gasteiger partial charge is 0.229 e. The SMILES string of the molecule is Nc1nc(N2CCNCC2)nc2nc(C(=O)CCc3ccccc3)cnc12. The first-order chi connectivity index (χ1) is 13.2. The van der Waals surface area contributed by atoms with Gasteiger partial charge < -0.3 is 16.0 Å². The molecule has 1 saturated heterocycles. The maximum atomic E-state index is 12.5. The van der Waals surface area contributed by atoms with Gasteiger partial charge in [0.15, 0.2) is 17.2 Å². The summed E-state index contributed by atoms with van der Waals surface area (Å²) in [5, 5.41) is 3.29. The fraction of sp³-hybridized carbons (Fsp3) is 0.316. The minimum atomic E-state index is -0.0610. The molecule has 0 bridgehead atoms. The van der Waals surface area contributed by atoms with Crippen LogP contribution < -0.4 is 16.0 Å². The average Bonchev–Trinajstić information content (AvgIpc) is 2.73. The molecule has 1 fully saturated rings. The third-order valence-corrected chi connectivity index (χ3v) is 4.59. The van der Waals surface area contributed by atoms with Gasteiger partial charge in [-0.1, -0.05) is 30.3 Å². The van der Waals surface area contributed by atoms with Crippen LogP contribution in [-0.2, 0) is 6.42 Å². The van der Waals surface area contributed by atoms with Crippen LogP contribution in [0.2, 0.25) is 0 Å². The van der Waals surface area contributed by atoms with Gasteiger partial charge in [0.25, 0.3) is 0 Å². The van der Waals surface area contributed by atoms with Gasteiger partial charge in [-0.15, -0.1) is 0 Å². The molecule has 0 saturated carbocycles.